The second-order valence-corrected chi connectivity index (χ2v) is 11.6. The maximum atomic E-state index is 14.3. The molecule has 0 unspecified atom stereocenters. The monoisotopic (exact) mass is 676 g/mol. The molecule has 6 nitrogen and oxygen atoms in total. The van der Waals surface area contributed by atoms with Gasteiger partial charge in [-0.1, -0.05) is 92.5 Å². The summed E-state index contributed by atoms with van der Waals surface area (Å²) in [5.41, 5.74) is 2.25. The van der Waals surface area contributed by atoms with E-state index < -0.39 is 11.6 Å². The molecular formula is C33H30Br2N2O4. The van der Waals surface area contributed by atoms with Gasteiger partial charge in [0.25, 0.3) is 5.91 Å². The molecule has 0 saturated heterocycles. The third-order valence-corrected chi connectivity index (χ3v) is 8.15. The van der Waals surface area contributed by atoms with Gasteiger partial charge in [-0.05, 0) is 53.6 Å². The number of nitrogens with one attached hydrogen (secondary N) is 1. The number of halogens is 2. The third-order valence-electron chi connectivity index (χ3n) is 6.90. The Morgan fingerprint density at radius 1 is 0.902 bits per heavy atom. The van der Waals surface area contributed by atoms with Crippen molar-refractivity contribution in [3.05, 3.63) is 134 Å². The second kappa shape index (κ2) is 13.5. The van der Waals surface area contributed by atoms with Crippen LogP contribution >= 0.6 is 31.9 Å². The zero-order valence-corrected chi connectivity index (χ0v) is 25.5. The molecule has 8 heteroatoms. The Hall–Kier alpha value is -3.46. The van der Waals surface area contributed by atoms with Crippen molar-refractivity contribution in [2.24, 2.45) is 4.99 Å². The number of rotatable bonds is 11. The van der Waals surface area contributed by atoms with E-state index in [4.69, 9.17) is 19.6 Å². The minimum absolute atomic E-state index is 0.0753. The fourth-order valence-electron chi connectivity index (χ4n) is 4.79. The second-order valence-electron chi connectivity index (χ2n) is 9.78. The Morgan fingerprint density at radius 3 is 2.32 bits per heavy atom. The summed E-state index contributed by atoms with van der Waals surface area (Å²) in [7, 11) is 0. The molecule has 2 N–H and O–H groups in total. The molecule has 210 valence electrons. The number of carbonyl (C=O) groups is 1. The minimum atomic E-state index is -1.28. The van der Waals surface area contributed by atoms with Crippen molar-refractivity contribution in [3.8, 4) is 5.75 Å². The number of carbonyl (C=O) groups excluding carboxylic acids is 1. The molecular weight excluding hydrogens is 648 g/mol. The van der Waals surface area contributed by atoms with E-state index in [1.54, 1.807) is 0 Å². The van der Waals surface area contributed by atoms with Crippen molar-refractivity contribution in [3.63, 3.8) is 0 Å². The first-order valence-electron chi connectivity index (χ1n) is 13.4. The first-order valence-corrected chi connectivity index (χ1v) is 15.0. The van der Waals surface area contributed by atoms with E-state index in [1.807, 2.05) is 103 Å². The Bertz CT molecular complexity index is 1490. The van der Waals surface area contributed by atoms with Crippen molar-refractivity contribution < 1.29 is 19.4 Å². The van der Waals surface area contributed by atoms with Crippen LogP contribution in [0, 0.1) is 0 Å². The highest BCUT2D eigenvalue weighted by Crippen LogP contribution is 2.44. The number of ether oxygens (including phenoxy) is 2. The molecule has 0 spiro atoms. The van der Waals surface area contributed by atoms with Crippen molar-refractivity contribution in [2.45, 2.75) is 31.0 Å². The highest BCUT2D eigenvalue weighted by molar-refractivity contribution is 9.10. The van der Waals surface area contributed by atoms with Gasteiger partial charge < -0.3 is 19.9 Å². The van der Waals surface area contributed by atoms with Gasteiger partial charge in [-0.15, -0.1) is 0 Å². The number of hydrogen-bond donors (Lipinski definition) is 2. The molecule has 1 heterocycles. The first kappa shape index (κ1) is 29.0. The van der Waals surface area contributed by atoms with Crippen LogP contribution in [-0.2, 0) is 22.5 Å². The van der Waals surface area contributed by atoms with E-state index >= 15 is 0 Å². The topological polar surface area (TPSA) is 80.2 Å². The maximum absolute atomic E-state index is 14.3. The normalized spacial score (nSPS) is 17.9. The van der Waals surface area contributed by atoms with Gasteiger partial charge in [-0.3, -0.25) is 4.79 Å². The molecule has 0 aromatic heterocycles. The number of hydrogen-bond acceptors (Lipinski definition) is 5. The molecule has 0 radical (unpaired) electrons. The van der Waals surface area contributed by atoms with Gasteiger partial charge in [0.1, 0.15) is 5.75 Å². The predicted molar refractivity (Wildman–Crippen MR) is 167 cm³/mol. The van der Waals surface area contributed by atoms with Gasteiger partial charge in [0.2, 0.25) is 5.90 Å². The Balaban J connectivity index is 1.56. The number of aliphatic imine (C=N–C) groups is 1. The third kappa shape index (κ3) is 6.89. The zero-order chi connectivity index (χ0) is 28.7. The molecule has 2 atom stereocenters. The SMILES string of the molecule is O=C(NCc1ccccc1)[C@]1(Cc2ccc(Br)cc2)N=C(c2ccc(OCCCO)cc2)O[C@@H]1c1ccccc1Br. The van der Waals surface area contributed by atoms with Gasteiger partial charge in [0.15, 0.2) is 11.6 Å². The van der Waals surface area contributed by atoms with E-state index in [-0.39, 0.29) is 12.5 Å². The molecule has 1 aliphatic heterocycles. The average molecular weight is 678 g/mol. The Labute approximate surface area is 256 Å². The highest BCUT2D eigenvalue weighted by Gasteiger charge is 2.53. The number of aliphatic hydroxyl groups excluding tert-OH is 1. The van der Waals surface area contributed by atoms with Crippen LogP contribution in [0.3, 0.4) is 0 Å². The van der Waals surface area contributed by atoms with Crippen LogP contribution in [0.25, 0.3) is 0 Å². The highest BCUT2D eigenvalue weighted by atomic mass is 79.9. The summed E-state index contributed by atoms with van der Waals surface area (Å²) in [6, 6.07) is 33.0. The Kier molecular flexibility index (Phi) is 9.54. The van der Waals surface area contributed by atoms with E-state index in [2.05, 4.69) is 37.2 Å². The Morgan fingerprint density at radius 2 is 1.61 bits per heavy atom. The fourth-order valence-corrected chi connectivity index (χ4v) is 5.55. The summed E-state index contributed by atoms with van der Waals surface area (Å²) < 4.78 is 14.1. The van der Waals surface area contributed by atoms with Gasteiger partial charge in [-0.2, -0.15) is 0 Å². The first-order chi connectivity index (χ1) is 20.0. The van der Waals surface area contributed by atoms with E-state index in [0.717, 1.165) is 31.2 Å². The summed E-state index contributed by atoms with van der Waals surface area (Å²) >= 11 is 7.20. The summed E-state index contributed by atoms with van der Waals surface area (Å²) in [6.07, 6.45) is 0.202. The summed E-state index contributed by atoms with van der Waals surface area (Å²) in [6.45, 7) is 0.871. The minimum Gasteiger partial charge on any atom is -0.494 e. The van der Waals surface area contributed by atoms with Gasteiger partial charge >= 0.3 is 0 Å². The molecule has 1 aliphatic rings. The smallest absolute Gasteiger partial charge is 0.252 e. The molecule has 0 fully saturated rings. The number of benzene rings is 4. The van der Waals surface area contributed by atoms with Crippen LogP contribution in [0.4, 0.5) is 0 Å². The van der Waals surface area contributed by atoms with Crippen LogP contribution < -0.4 is 10.1 Å². The number of aliphatic hydroxyl groups is 1. The lowest BCUT2D eigenvalue weighted by Gasteiger charge is -2.31. The average Bonchev–Trinajstić information content (AvgIpc) is 3.38. The van der Waals surface area contributed by atoms with Crippen molar-refractivity contribution in [1.82, 2.24) is 5.32 Å². The van der Waals surface area contributed by atoms with Gasteiger partial charge in [0, 0.05) is 46.1 Å². The predicted octanol–water partition coefficient (Wildman–Crippen LogP) is 6.79. The number of nitrogens with zero attached hydrogens (tertiary/aromatic N) is 1. The molecule has 0 aliphatic carbocycles. The van der Waals surface area contributed by atoms with Crippen LogP contribution in [0.1, 0.15) is 34.8 Å². The van der Waals surface area contributed by atoms with Crippen LogP contribution in [0.5, 0.6) is 5.75 Å². The summed E-state index contributed by atoms with van der Waals surface area (Å²) in [5.74, 6) is 0.855. The lowest BCUT2D eigenvalue weighted by atomic mass is 9.82. The summed E-state index contributed by atoms with van der Waals surface area (Å²) in [5, 5.41) is 12.2. The van der Waals surface area contributed by atoms with Crippen molar-refractivity contribution >= 4 is 43.7 Å². The molecule has 0 bridgehead atoms. The van der Waals surface area contributed by atoms with Crippen molar-refractivity contribution in [2.75, 3.05) is 13.2 Å². The number of amides is 1. The summed E-state index contributed by atoms with van der Waals surface area (Å²) in [4.78, 5) is 19.4. The lowest BCUT2D eigenvalue weighted by molar-refractivity contribution is -0.129. The van der Waals surface area contributed by atoms with Crippen LogP contribution in [0.15, 0.2) is 117 Å². The maximum Gasteiger partial charge on any atom is 0.252 e. The lowest BCUT2D eigenvalue weighted by Crippen LogP contribution is -2.49. The largest absolute Gasteiger partial charge is 0.494 e. The molecule has 4 aromatic carbocycles. The standard InChI is InChI=1S/C33H30Br2N2O4/c34-26-15-11-23(12-16-26)21-33(32(39)36-22-24-7-2-1-3-8-24)30(28-9-4-5-10-29(28)35)41-31(37-33)25-13-17-27(18-14-25)40-20-6-19-38/h1-5,7-18,30,38H,6,19-22H2,(H,36,39)/t30-,33-/m1/s1. The zero-order valence-electron chi connectivity index (χ0n) is 22.3. The van der Waals surface area contributed by atoms with Crippen LogP contribution in [-0.4, -0.2) is 35.7 Å². The van der Waals surface area contributed by atoms with E-state index in [0.29, 0.717) is 37.6 Å². The molecule has 0 saturated carbocycles. The van der Waals surface area contributed by atoms with E-state index in [9.17, 15) is 4.79 Å². The van der Waals surface area contributed by atoms with Crippen LogP contribution in [0.2, 0.25) is 0 Å². The molecule has 41 heavy (non-hydrogen) atoms. The fraction of sp³-hybridized carbons (Fsp3) is 0.212. The molecule has 4 aromatic rings. The van der Waals surface area contributed by atoms with E-state index in [1.165, 1.54) is 0 Å². The molecule has 1 amide bonds. The molecule has 5 rings (SSSR count). The van der Waals surface area contributed by atoms with Gasteiger partial charge in [0.05, 0.1) is 6.61 Å². The van der Waals surface area contributed by atoms with Gasteiger partial charge in [-0.25, -0.2) is 4.99 Å². The van der Waals surface area contributed by atoms with Crippen molar-refractivity contribution in [1.29, 1.82) is 0 Å². The quantitative estimate of drug-likeness (QED) is 0.171.